The fourth-order valence-electron chi connectivity index (χ4n) is 2.26. The van der Waals surface area contributed by atoms with Gasteiger partial charge in [0.05, 0.1) is 6.42 Å². The van der Waals surface area contributed by atoms with Crippen molar-refractivity contribution in [2.45, 2.75) is 51.1 Å². The van der Waals surface area contributed by atoms with Crippen molar-refractivity contribution in [1.29, 1.82) is 0 Å². The van der Waals surface area contributed by atoms with Crippen molar-refractivity contribution >= 4 is 5.91 Å². The highest BCUT2D eigenvalue weighted by molar-refractivity contribution is 5.79. The van der Waals surface area contributed by atoms with Crippen LogP contribution in [0.25, 0.3) is 0 Å². The van der Waals surface area contributed by atoms with E-state index in [0.29, 0.717) is 18.4 Å². The van der Waals surface area contributed by atoms with Crippen LogP contribution in [-0.4, -0.2) is 18.0 Å². The van der Waals surface area contributed by atoms with Crippen molar-refractivity contribution in [3.8, 4) is 0 Å². The first-order valence-electron chi connectivity index (χ1n) is 6.68. The third kappa shape index (κ3) is 3.33. The van der Waals surface area contributed by atoms with Gasteiger partial charge in [-0.3, -0.25) is 4.79 Å². The Morgan fingerprint density at radius 2 is 1.94 bits per heavy atom. The van der Waals surface area contributed by atoms with Gasteiger partial charge in [0.2, 0.25) is 5.91 Å². The SMILES string of the molecule is CC(C)c1ccc(CC(=O)NC2CC(N)C2)cc1. The molecule has 98 valence electrons. The summed E-state index contributed by atoms with van der Waals surface area (Å²) in [6.07, 6.45) is 2.29. The summed E-state index contributed by atoms with van der Waals surface area (Å²) >= 11 is 0. The molecule has 1 aromatic carbocycles. The highest BCUT2D eigenvalue weighted by atomic mass is 16.1. The number of nitrogens with one attached hydrogen (secondary N) is 1. The van der Waals surface area contributed by atoms with E-state index >= 15 is 0 Å². The number of rotatable bonds is 4. The molecule has 1 aliphatic carbocycles. The van der Waals surface area contributed by atoms with E-state index in [1.54, 1.807) is 0 Å². The molecule has 1 saturated carbocycles. The van der Waals surface area contributed by atoms with E-state index in [-0.39, 0.29) is 11.9 Å². The van der Waals surface area contributed by atoms with Crippen molar-refractivity contribution in [3.05, 3.63) is 35.4 Å². The fourth-order valence-corrected chi connectivity index (χ4v) is 2.26. The molecule has 0 spiro atoms. The van der Waals surface area contributed by atoms with Gasteiger partial charge in [0.15, 0.2) is 0 Å². The zero-order valence-electron chi connectivity index (χ0n) is 11.1. The van der Waals surface area contributed by atoms with Gasteiger partial charge < -0.3 is 11.1 Å². The second-order valence-electron chi connectivity index (χ2n) is 5.57. The van der Waals surface area contributed by atoms with E-state index < -0.39 is 0 Å². The normalized spacial score (nSPS) is 22.7. The minimum Gasteiger partial charge on any atom is -0.353 e. The Labute approximate surface area is 109 Å². The molecular formula is C15H22N2O. The Kier molecular flexibility index (Phi) is 4.02. The number of nitrogens with two attached hydrogens (primary N) is 1. The van der Waals surface area contributed by atoms with E-state index in [2.05, 4.69) is 31.3 Å². The molecule has 1 aromatic rings. The van der Waals surface area contributed by atoms with E-state index in [1.807, 2.05) is 12.1 Å². The zero-order valence-corrected chi connectivity index (χ0v) is 11.1. The first kappa shape index (κ1) is 13.1. The van der Waals surface area contributed by atoms with E-state index in [0.717, 1.165) is 18.4 Å². The van der Waals surface area contributed by atoms with Crippen molar-refractivity contribution in [3.63, 3.8) is 0 Å². The number of hydrogen-bond acceptors (Lipinski definition) is 2. The molecule has 0 aliphatic heterocycles. The Balaban J connectivity index is 1.83. The van der Waals surface area contributed by atoms with Gasteiger partial charge >= 0.3 is 0 Å². The molecule has 1 fully saturated rings. The lowest BCUT2D eigenvalue weighted by atomic mass is 9.87. The zero-order chi connectivity index (χ0) is 13.1. The van der Waals surface area contributed by atoms with Gasteiger partial charge in [-0.1, -0.05) is 38.1 Å². The van der Waals surface area contributed by atoms with E-state index in [1.165, 1.54) is 5.56 Å². The van der Waals surface area contributed by atoms with Gasteiger partial charge in [-0.2, -0.15) is 0 Å². The summed E-state index contributed by atoms with van der Waals surface area (Å²) < 4.78 is 0. The second kappa shape index (κ2) is 5.53. The number of carbonyl (C=O) groups is 1. The lowest BCUT2D eigenvalue weighted by Gasteiger charge is -2.32. The average molecular weight is 246 g/mol. The molecule has 0 saturated heterocycles. The van der Waals surface area contributed by atoms with Crippen molar-refractivity contribution in [1.82, 2.24) is 5.32 Å². The van der Waals surface area contributed by atoms with Crippen LogP contribution in [0.1, 0.15) is 43.7 Å². The third-order valence-electron chi connectivity index (χ3n) is 3.55. The predicted molar refractivity (Wildman–Crippen MR) is 73.4 cm³/mol. The topological polar surface area (TPSA) is 55.1 Å². The van der Waals surface area contributed by atoms with Crippen LogP contribution in [0, 0.1) is 0 Å². The lowest BCUT2D eigenvalue weighted by Crippen LogP contribution is -2.50. The summed E-state index contributed by atoms with van der Waals surface area (Å²) in [6, 6.07) is 8.87. The second-order valence-corrected chi connectivity index (χ2v) is 5.57. The van der Waals surface area contributed by atoms with Crippen molar-refractivity contribution in [2.75, 3.05) is 0 Å². The van der Waals surface area contributed by atoms with Gasteiger partial charge in [0.1, 0.15) is 0 Å². The van der Waals surface area contributed by atoms with E-state index in [4.69, 9.17) is 5.73 Å². The first-order chi connectivity index (χ1) is 8.54. The first-order valence-corrected chi connectivity index (χ1v) is 6.68. The van der Waals surface area contributed by atoms with Gasteiger partial charge in [-0.15, -0.1) is 0 Å². The summed E-state index contributed by atoms with van der Waals surface area (Å²) in [6.45, 7) is 4.34. The summed E-state index contributed by atoms with van der Waals surface area (Å²) in [5.41, 5.74) is 8.07. The molecule has 0 bridgehead atoms. The van der Waals surface area contributed by atoms with Crippen LogP contribution < -0.4 is 11.1 Å². The minimum absolute atomic E-state index is 0.101. The number of carbonyl (C=O) groups excluding carboxylic acids is 1. The Morgan fingerprint density at radius 3 is 2.44 bits per heavy atom. The molecule has 1 amide bonds. The maximum atomic E-state index is 11.8. The lowest BCUT2D eigenvalue weighted by molar-refractivity contribution is -0.121. The standard InChI is InChI=1S/C15H22N2O/c1-10(2)12-5-3-11(4-6-12)7-15(18)17-14-8-13(16)9-14/h3-6,10,13-14H,7-9,16H2,1-2H3,(H,17,18). The minimum atomic E-state index is 0.101. The van der Waals surface area contributed by atoms with Crippen LogP contribution in [0.4, 0.5) is 0 Å². The fraction of sp³-hybridized carbons (Fsp3) is 0.533. The number of amides is 1. The van der Waals surface area contributed by atoms with Gasteiger partial charge in [-0.05, 0) is 29.9 Å². The molecule has 0 heterocycles. The molecule has 3 heteroatoms. The van der Waals surface area contributed by atoms with Crippen LogP contribution in [0.15, 0.2) is 24.3 Å². The highest BCUT2D eigenvalue weighted by Crippen LogP contribution is 2.18. The smallest absolute Gasteiger partial charge is 0.224 e. The monoisotopic (exact) mass is 246 g/mol. The summed E-state index contributed by atoms with van der Waals surface area (Å²) in [7, 11) is 0. The molecule has 3 N–H and O–H groups in total. The molecule has 0 radical (unpaired) electrons. The molecule has 2 rings (SSSR count). The van der Waals surface area contributed by atoms with Crippen LogP contribution in [0.3, 0.4) is 0 Å². The summed E-state index contributed by atoms with van der Waals surface area (Å²) in [5, 5.41) is 3.01. The molecular weight excluding hydrogens is 224 g/mol. The van der Waals surface area contributed by atoms with Crippen LogP contribution in [0.2, 0.25) is 0 Å². The molecule has 18 heavy (non-hydrogen) atoms. The largest absolute Gasteiger partial charge is 0.353 e. The van der Waals surface area contributed by atoms with Crippen LogP contribution in [0.5, 0.6) is 0 Å². The quantitative estimate of drug-likeness (QED) is 0.853. The molecule has 1 aliphatic rings. The van der Waals surface area contributed by atoms with Gasteiger partial charge in [0.25, 0.3) is 0 Å². The van der Waals surface area contributed by atoms with Crippen molar-refractivity contribution < 1.29 is 4.79 Å². The van der Waals surface area contributed by atoms with Crippen molar-refractivity contribution in [2.24, 2.45) is 5.73 Å². The Bertz CT molecular complexity index is 405. The summed E-state index contributed by atoms with van der Waals surface area (Å²) in [5.74, 6) is 0.633. The van der Waals surface area contributed by atoms with Crippen LogP contribution in [-0.2, 0) is 11.2 Å². The van der Waals surface area contributed by atoms with E-state index in [9.17, 15) is 4.79 Å². The average Bonchev–Trinajstić information content (AvgIpc) is 2.27. The van der Waals surface area contributed by atoms with Gasteiger partial charge in [-0.25, -0.2) is 0 Å². The predicted octanol–water partition coefficient (Wildman–Crippen LogP) is 1.96. The highest BCUT2D eigenvalue weighted by Gasteiger charge is 2.26. The molecule has 3 nitrogen and oxygen atoms in total. The molecule has 0 aromatic heterocycles. The van der Waals surface area contributed by atoms with Crippen LogP contribution >= 0.6 is 0 Å². The summed E-state index contributed by atoms with van der Waals surface area (Å²) in [4.78, 5) is 11.8. The Morgan fingerprint density at radius 1 is 1.33 bits per heavy atom. The number of hydrogen-bond donors (Lipinski definition) is 2. The molecule has 0 atom stereocenters. The molecule has 0 unspecified atom stereocenters. The maximum absolute atomic E-state index is 11.8. The maximum Gasteiger partial charge on any atom is 0.224 e. The Hall–Kier alpha value is -1.35. The van der Waals surface area contributed by atoms with Gasteiger partial charge in [0, 0.05) is 12.1 Å². The number of benzene rings is 1. The third-order valence-corrected chi connectivity index (χ3v) is 3.55.